The summed E-state index contributed by atoms with van der Waals surface area (Å²) in [4.78, 5) is 0. The van der Waals surface area contributed by atoms with Gasteiger partial charge in [0.15, 0.2) is 0 Å². The highest BCUT2D eigenvalue weighted by molar-refractivity contribution is 5.97. The minimum atomic E-state index is 0.365. The molecule has 1 aliphatic rings. The van der Waals surface area contributed by atoms with Crippen LogP contribution in [0, 0.1) is 0 Å². The second-order valence-corrected chi connectivity index (χ2v) is 5.86. The third-order valence-electron chi connectivity index (χ3n) is 4.36. The highest BCUT2D eigenvalue weighted by Crippen LogP contribution is 2.31. The van der Waals surface area contributed by atoms with Gasteiger partial charge in [0.1, 0.15) is 5.75 Å². The Balaban J connectivity index is 1.84. The lowest BCUT2D eigenvalue weighted by Crippen LogP contribution is -2.20. The lowest BCUT2D eigenvalue weighted by atomic mass is 9.96. The number of benzene rings is 2. The van der Waals surface area contributed by atoms with Crippen molar-refractivity contribution in [2.24, 2.45) is 0 Å². The van der Waals surface area contributed by atoms with Gasteiger partial charge < -0.3 is 10.4 Å². The second kappa shape index (κ2) is 6.17. The Morgan fingerprint density at radius 1 is 0.800 bits per heavy atom. The van der Waals surface area contributed by atoms with Crippen LogP contribution < -0.4 is 5.32 Å². The smallest absolute Gasteiger partial charge is 0.123 e. The van der Waals surface area contributed by atoms with Gasteiger partial charge in [0.25, 0.3) is 0 Å². The highest BCUT2D eigenvalue weighted by Gasteiger charge is 2.12. The molecular formula is C18H23NO. The van der Waals surface area contributed by atoms with E-state index in [0.29, 0.717) is 11.8 Å². The van der Waals surface area contributed by atoms with E-state index in [9.17, 15) is 5.11 Å². The molecule has 106 valence electrons. The molecule has 2 aromatic carbocycles. The Hall–Kier alpha value is -1.70. The fraction of sp³-hybridized carbons (Fsp3) is 0.444. The van der Waals surface area contributed by atoms with Gasteiger partial charge in [0.05, 0.1) is 0 Å². The summed E-state index contributed by atoms with van der Waals surface area (Å²) in [7, 11) is 0. The summed E-state index contributed by atoms with van der Waals surface area (Å²) in [5.41, 5.74) is 1.16. The van der Waals surface area contributed by atoms with Crippen LogP contribution in [0.1, 0.15) is 44.9 Å². The van der Waals surface area contributed by atoms with Crippen LogP contribution in [0.5, 0.6) is 5.75 Å². The molecule has 2 nitrogen and oxygen atoms in total. The summed E-state index contributed by atoms with van der Waals surface area (Å²) in [6.45, 7) is 0. The molecule has 0 amide bonds. The predicted octanol–water partition coefficient (Wildman–Crippen LogP) is 5.07. The first-order valence-corrected chi connectivity index (χ1v) is 7.82. The Morgan fingerprint density at radius 3 is 2.25 bits per heavy atom. The average Bonchev–Trinajstić information content (AvgIpc) is 2.43. The normalized spacial score (nSPS) is 17.6. The van der Waals surface area contributed by atoms with E-state index in [1.165, 1.54) is 44.9 Å². The fourth-order valence-electron chi connectivity index (χ4n) is 3.24. The van der Waals surface area contributed by atoms with E-state index >= 15 is 0 Å². The standard InChI is InChI=1S/C18H23NO/c20-18-13-7-10-15-16(18)11-6-12-17(15)19-14-8-4-2-1-3-5-9-14/h6-7,10-14,19-20H,1-5,8-9H2. The van der Waals surface area contributed by atoms with Gasteiger partial charge >= 0.3 is 0 Å². The zero-order chi connectivity index (χ0) is 13.8. The van der Waals surface area contributed by atoms with Crippen LogP contribution >= 0.6 is 0 Å². The molecule has 0 atom stereocenters. The Kier molecular flexibility index (Phi) is 4.10. The fourth-order valence-corrected chi connectivity index (χ4v) is 3.24. The Labute approximate surface area is 120 Å². The average molecular weight is 269 g/mol. The number of phenolic OH excluding ortho intramolecular Hbond substituents is 1. The summed E-state index contributed by atoms with van der Waals surface area (Å²) in [6, 6.07) is 12.5. The largest absolute Gasteiger partial charge is 0.507 e. The third-order valence-corrected chi connectivity index (χ3v) is 4.36. The number of hydrogen-bond donors (Lipinski definition) is 2. The Morgan fingerprint density at radius 2 is 1.45 bits per heavy atom. The molecule has 0 saturated heterocycles. The molecule has 20 heavy (non-hydrogen) atoms. The first kappa shape index (κ1) is 13.3. The van der Waals surface area contributed by atoms with Crippen LogP contribution in [0.25, 0.3) is 10.8 Å². The summed E-state index contributed by atoms with van der Waals surface area (Å²) in [5.74, 6) is 0.365. The number of fused-ring (bicyclic) bond motifs is 1. The number of nitrogens with one attached hydrogen (secondary N) is 1. The molecule has 2 heteroatoms. The molecule has 0 unspecified atom stereocenters. The molecule has 1 saturated carbocycles. The SMILES string of the molecule is Oc1cccc2c(NC3CCCCCCC3)cccc12. The van der Waals surface area contributed by atoms with Crippen molar-refractivity contribution in [3.63, 3.8) is 0 Å². The predicted molar refractivity (Wildman–Crippen MR) is 85.3 cm³/mol. The van der Waals surface area contributed by atoms with Gasteiger partial charge in [-0.2, -0.15) is 0 Å². The molecule has 1 aliphatic carbocycles. The summed E-state index contributed by atoms with van der Waals surface area (Å²) in [6.07, 6.45) is 9.31. The van der Waals surface area contributed by atoms with Gasteiger partial charge in [-0.25, -0.2) is 0 Å². The van der Waals surface area contributed by atoms with Crippen LogP contribution in [0.15, 0.2) is 36.4 Å². The highest BCUT2D eigenvalue weighted by atomic mass is 16.3. The molecule has 0 spiro atoms. The van der Waals surface area contributed by atoms with Crippen LogP contribution in [0.4, 0.5) is 5.69 Å². The zero-order valence-corrected chi connectivity index (χ0v) is 11.9. The van der Waals surface area contributed by atoms with Crippen molar-refractivity contribution in [1.82, 2.24) is 0 Å². The molecule has 3 rings (SSSR count). The number of rotatable bonds is 2. The summed E-state index contributed by atoms with van der Waals surface area (Å²) >= 11 is 0. The van der Waals surface area contributed by atoms with E-state index in [2.05, 4.69) is 17.4 Å². The topological polar surface area (TPSA) is 32.3 Å². The van der Waals surface area contributed by atoms with Gasteiger partial charge in [-0.1, -0.05) is 56.4 Å². The second-order valence-electron chi connectivity index (χ2n) is 5.86. The minimum absolute atomic E-state index is 0.365. The number of anilines is 1. The number of phenols is 1. The summed E-state index contributed by atoms with van der Waals surface area (Å²) in [5, 5.41) is 15.7. The molecule has 0 aromatic heterocycles. The van der Waals surface area contributed by atoms with Crippen LogP contribution in [-0.4, -0.2) is 11.1 Å². The maximum absolute atomic E-state index is 9.96. The quantitative estimate of drug-likeness (QED) is 0.797. The van der Waals surface area contributed by atoms with E-state index in [0.717, 1.165) is 16.5 Å². The van der Waals surface area contributed by atoms with Crippen molar-refractivity contribution in [3.05, 3.63) is 36.4 Å². The molecule has 0 radical (unpaired) electrons. The van der Waals surface area contributed by atoms with Gasteiger partial charge in [-0.05, 0) is 25.0 Å². The van der Waals surface area contributed by atoms with Gasteiger partial charge in [0.2, 0.25) is 0 Å². The van der Waals surface area contributed by atoms with Gasteiger partial charge in [0, 0.05) is 22.5 Å². The zero-order valence-electron chi connectivity index (χ0n) is 11.9. The molecule has 1 fully saturated rings. The molecule has 0 aliphatic heterocycles. The van der Waals surface area contributed by atoms with E-state index in [1.807, 2.05) is 18.2 Å². The lowest BCUT2D eigenvalue weighted by Gasteiger charge is -2.23. The van der Waals surface area contributed by atoms with Gasteiger partial charge in [-0.3, -0.25) is 0 Å². The third kappa shape index (κ3) is 2.90. The first-order valence-electron chi connectivity index (χ1n) is 7.82. The van der Waals surface area contributed by atoms with Gasteiger partial charge in [-0.15, -0.1) is 0 Å². The minimum Gasteiger partial charge on any atom is -0.507 e. The van der Waals surface area contributed by atoms with Crippen molar-refractivity contribution >= 4 is 16.5 Å². The van der Waals surface area contributed by atoms with E-state index in [4.69, 9.17) is 0 Å². The maximum atomic E-state index is 9.96. The monoisotopic (exact) mass is 269 g/mol. The molecule has 0 bridgehead atoms. The molecule has 0 heterocycles. The van der Waals surface area contributed by atoms with Crippen molar-refractivity contribution in [1.29, 1.82) is 0 Å². The maximum Gasteiger partial charge on any atom is 0.123 e. The van der Waals surface area contributed by atoms with Crippen molar-refractivity contribution in [2.75, 3.05) is 5.32 Å². The summed E-state index contributed by atoms with van der Waals surface area (Å²) < 4.78 is 0. The van der Waals surface area contributed by atoms with Crippen LogP contribution in [0.2, 0.25) is 0 Å². The van der Waals surface area contributed by atoms with Crippen LogP contribution in [0.3, 0.4) is 0 Å². The Bertz CT molecular complexity index is 571. The van der Waals surface area contributed by atoms with Crippen molar-refractivity contribution in [2.45, 2.75) is 51.0 Å². The van der Waals surface area contributed by atoms with E-state index in [-0.39, 0.29) is 0 Å². The van der Waals surface area contributed by atoms with E-state index < -0.39 is 0 Å². The first-order chi connectivity index (χ1) is 9.84. The number of aromatic hydroxyl groups is 1. The van der Waals surface area contributed by atoms with Crippen molar-refractivity contribution < 1.29 is 5.11 Å². The molecular weight excluding hydrogens is 246 g/mol. The molecule has 2 aromatic rings. The molecule has 2 N–H and O–H groups in total. The van der Waals surface area contributed by atoms with Crippen molar-refractivity contribution in [3.8, 4) is 5.75 Å². The lowest BCUT2D eigenvalue weighted by molar-refractivity contribution is 0.471. The van der Waals surface area contributed by atoms with Crippen LogP contribution in [-0.2, 0) is 0 Å². The number of hydrogen-bond acceptors (Lipinski definition) is 2. The van der Waals surface area contributed by atoms with E-state index in [1.54, 1.807) is 6.07 Å².